The van der Waals surface area contributed by atoms with Crippen LogP contribution < -0.4 is 5.32 Å². The maximum atomic E-state index is 12.3. The Morgan fingerprint density at radius 3 is 2.59 bits per heavy atom. The monoisotopic (exact) mass is 238 g/mol. The number of nitrogens with one attached hydrogen (secondary N) is 1. The predicted octanol–water partition coefficient (Wildman–Crippen LogP) is 2.17. The summed E-state index contributed by atoms with van der Waals surface area (Å²) in [5.41, 5.74) is 0. The Morgan fingerprint density at radius 1 is 1.18 bits per heavy atom. The molecule has 3 heteroatoms. The van der Waals surface area contributed by atoms with Gasteiger partial charge in [0.15, 0.2) is 0 Å². The molecule has 1 aliphatic heterocycles. The summed E-state index contributed by atoms with van der Waals surface area (Å²) >= 11 is 0. The molecule has 1 unspecified atom stereocenters. The molecule has 0 aromatic carbocycles. The van der Waals surface area contributed by atoms with Crippen molar-refractivity contribution >= 4 is 5.91 Å². The van der Waals surface area contributed by atoms with Gasteiger partial charge in [0.05, 0.1) is 0 Å². The van der Waals surface area contributed by atoms with Crippen LogP contribution in [0.25, 0.3) is 0 Å². The van der Waals surface area contributed by atoms with E-state index < -0.39 is 0 Å². The summed E-state index contributed by atoms with van der Waals surface area (Å²) in [5.74, 6) is 1.09. The molecule has 1 aliphatic carbocycles. The van der Waals surface area contributed by atoms with Crippen molar-refractivity contribution in [1.82, 2.24) is 10.2 Å². The Bertz CT molecular complexity index is 247. The standard InChI is InChI=1S/C14H26N2O/c1-15-11-13-8-4-5-9-16(13)14(17)10-12-6-2-3-7-12/h12-13,15H,2-11H2,1H3. The van der Waals surface area contributed by atoms with Gasteiger partial charge >= 0.3 is 0 Å². The second kappa shape index (κ2) is 6.39. The zero-order valence-corrected chi connectivity index (χ0v) is 11.1. The third-order valence-corrected chi connectivity index (χ3v) is 4.33. The molecule has 98 valence electrons. The van der Waals surface area contributed by atoms with Crippen LogP contribution in [0.15, 0.2) is 0 Å². The topological polar surface area (TPSA) is 32.3 Å². The summed E-state index contributed by atoms with van der Waals surface area (Å²) in [6, 6.07) is 0.447. The minimum absolute atomic E-state index is 0.414. The number of likely N-dealkylation sites (N-methyl/N-ethyl adjacent to an activating group) is 1. The van der Waals surface area contributed by atoms with E-state index in [1.807, 2.05) is 7.05 Å². The van der Waals surface area contributed by atoms with E-state index in [1.54, 1.807) is 0 Å². The van der Waals surface area contributed by atoms with Gasteiger partial charge in [-0.15, -0.1) is 0 Å². The summed E-state index contributed by atoms with van der Waals surface area (Å²) in [6.45, 7) is 1.94. The number of likely N-dealkylation sites (tertiary alicyclic amines) is 1. The normalized spacial score (nSPS) is 26.4. The predicted molar refractivity (Wildman–Crippen MR) is 69.9 cm³/mol. The SMILES string of the molecule is CNCC1CCCCN1C(=O)CC1CCCC1. The van der Waals surface area contributed by atoms with E-state index in [0.717, 1.165) is 19.5 Å². The fourth-order valence-electron chi connectivity index (χ4n) is 3.36. The van der Waals surface area contributed by atoms with Gasteiger partial charge < -0.3 is 10.2 Å². The highest BCUT2D eigenvalue weighted by Crippen LogP contribution is 2.29. The van der Waals surface area contributed by atoms with E-state index in [1.165, 1.54) is 44.9 Å². The molecule has 0 aromatic heterocycles. The Kier molecular flexibility index (Phi) is 4.84. The van der Waals surface area contributed by atoms with Crippen molar-refractivity contribution in [2.75, 3.05) is 20.1 Å². The highest BCUT2D eigenvalue weighted by molar-refractivity contribution is 5.77. The second-order valence-electron chi connectivity index (χ2n) is 5.65. The molecule has 2 aliphatic rings. The molecule has 1 saturated carbocycles. The number of nitrogens with zero attached hydrogens (tertiary/aromatic N) is 1. The lowest BCUT2D eigenvalue weighted by molar-refractivity contribution is -0.135. The number of carbonyl (C=O) groups excluding carboxylic acids is 1. The number of amides is 1. The first-order chi connectivity index (χ1) is 8.31. The molecule has 0 spiro atoms. The number of rotatable bonds is 4. The number of hydrogen-bond donors (Lipinski definition) is 1. The van der Waals surface area contributed by atoms with E-state index in [-0.39, 0.29) is 0 Å². The lowest BCUT2D eigenvalue weighted by Crippen LogP contribution is -2.48. The van der Waals surface area contributed by atoms with Crippen molar-refractivity contribution in [3.63, 3.8) is 0 Å². The molecule has 0 bridgehead atoms. The largest absolute Gasteiger partial charge is 0.338 e. The third kappa shape index (κ3) is 3.44. The smallest absolute Gasteiger partial charge is 0.223 e. The molecule has 1 atom stereocenters. The number of carbonyl (C=O) groups is 1. The van der Waals surface area contributed by atoms with Crippen molar-refractivity contribution in [1.29, 1.82) is 0 Å². The van der Waals surface area contributed by atoms with Gasteiger partial charge in [0.2, 0.25) is 5.91 Å². The van der Waals surface area contributed by atoms with Gasteiger partial charge in [0, 0.05) is 25.6 Å². The third-order valence-electron chi connectivity index (χ3n) is 4.33. The average molecular weight is 238 g/mol. The maximum absolute atomic E-state index is 12.3. The summed E-state index contributed by atoms with van der Waals surface area (Å²) in [5, 5.41) is 3.22. The lowest BCUT2D eigenvalue weighted by atomic mass is 9.98. The van der Waals surface area contributed by atoms with Crippen molar-refractivity contribution in [3.8, 4) is 0 Å². The van der Waals surface area contributed by atoms with Crippen molar-refractivity contribution in [2.24, 2.45) is 5.92 Å². The van der Waals surface area contributed by atoms with E-state index in [9.17, 15) is 4.79 Å². The Morgan fingerprint density at radius 2 is 1.88 bits per heavy atom. The van der Waals surface area contributed by atoms with E-state index in [0.29, 0.717) is 17.9 Å². The average Bonchev–Trinajstić information content (AvgIpc) is 2.83. The van der Waals surface area contributed by atoms with Crippen molar-refractivity contribution in [2.45, 2.75) is 57.4 Å². The van der Waals surface area contributed by atoms with Crippen molar-refractivity contribution in [3.05, 3.63) is 0 Å². The van der Waals surface area contributed by atoms with Gasteiger partial charge in [-0.1, -0.05) is 12.8 Å². The number of piperidine rings is 1. The highest BCUT2D eigenvalue weighted by atomic mass is 16.2. The van der Waals surface area contributed by atoms with Gasteiger partial charge in [-0.05, 0) is 45.1 Å². The van der Waals surface area contributed by atoms with Crippen LogP contribution in [0.4, 0.5) is 0 Å². The summed E-state index contributed by atoms with van der Waals surface area (Å²) in [7, 11) is 1.98. The fourth-order valence-corrected chi connectivity index (χ4v) is 3.36. The van der Waals surface area contributed by atoms with Crippen LogP contribution in [-0.2, 0) is 4.79 Å². The molecular weight excluding hydrogens is 212 g/mol. The molecule has 1 N–H and O–H groups in total. The molecule has 1 amide bonds. The Hall–Kier alpha value is -0.570. The maximum Gasteiger partial charge on any atom is 0.223 e. The minimum atomic E-state index is 0.414. The van der Waals surface area contributed by atoms with E-state index in [2.05, 4.69) is 10.2 Å². The first kappa shape index (κ1) is 12.9. The fraction of sp³-hybridized carbons (Fsp3) is 0.929. The van der Waals surface area contributed by atoms with Gasteiger partial charge in [-0.3, -0.25) is 4.79 Å². The molecule has 2 rings (SSSR count). The van der Waals surface area contributed by atoms with Crippen LogP contribution in [0.2, 0.25) is 0 Å². The first-order valence-corrected chi connectivity index (χ1v) is 7.25. The summed E-state index contributed by atoms with van der Waals surface area (Å²) < 4.78 is 0. The lowest BCUT2D eigenvalue weighted by Gasteiger charge is -2.36. The van der Waals surface area contributed by atoms with Gasteiger partial charge in [-0.2, -0.15) is 0 Å². The quantitative estimate of drug-likeness (QED) is 0.814. The number of hydrogen-bond acceptors (Lipinski definition) is 2. The van der Waals surface area contributed by atoms with Crippen LogP contribution in [-0.4, -0.2) is 37.0 Å². The van der Waals surface area contributed by atoms with Crippen LogP contribution in [0, 0.1) is 5.92 Å². The van der Waals surface area contributed by atoms with Crippen LogP contribution in [0.3, 0.4) is 0 Å². The second-order valence-corrected chi connectivity index (χ2v) is 5.65. The van der Waals surface area contributed by atoms with Crippen molar-refractivity contribution < 1.29 is 4.79 Å². The Balaban J connectivity index is 1.86. The zero-order valence-electron chi connectivity index (χ0n) is 11.1. The van der Waals surface area contributed by atoms with E-state index >= 15 is 0 Å². The van der Waals surface area contributed by atoms with Gasteiger partial charge in [0.1, 0.15) is 0 Å². The van der Waals surface area contributed by atoms with Crippen LogP contribution >= 0.6 is 0 Å². The minimum Gasteiger partial charge on any atom is -0.338 e. The Labute approximate surface area is 105 Å². The molecule has 0 aromatic rings. The molecule has 1 saturated heterocycles. The van der Waals surface area contributed by atoms with Gasteiger partial charge in [-0.25, -0.2) is 0 Å². The van der Waals surface area contributed by atoms with Crippen LogP contribution in [0.5, 0.6) is 0 Å². The molecular formula is C14H26N2O. The molecule has 2 fully saturated rings. The van der Waals surface area contributed by atoms with E-state index in [4.69, 9.17) is 0 Å². The first-order valence-electron chi connectivity index (χ1n) is 7.25. The molecule has 17 heavy (non-hydrogen) atoms. The molecule has 0 radical (unpaired) electrons. The molecule has 3 nitrogen and oxygen atoms in total. The summed E-state index contributed by atoms with van der Waals surface area (Å²) in [4.78, 5) is 14.5. The zero-order chi connectivity index (χ0) is 12.1. The van der Waals surface area contributed by atoms with Crippen LogP contribution in [0.1, 0.15) is 51.4 Å². The summed E-state index contributed by atoms with van der Waals surface area (Å²) in [6.07, 6.45) is 9.66. The highest BCUT2D eigenvalue weighted by Gasteiger charge is 2.28. The van der Waals surface area contributed by atoms with Gasteiger partial charge in [0.25, 0.3) is 0 Å². The molecule has 1 heterocycles.